The molecule has 74 valence electrons. The zero-order valence-electron chi connectivity index (χ0n) is 8.32. The van der Waals surface area contributed by atoms with Crippen LogP contribution in [0.5, 0.6) is 0 Å². The predicted molar refractivity (Wildman–Crippen MR) is 59.7 cm³/mol. The average molecular weight is 207 g/mol. The third kappa shape index (κ3) is 1.51. The molecule has 2 heterocycles. The highest BCUT2D eigenvalue weighted by atomic mass is 32.2. The highest BCUT2D eigenvalue weighted by Gasteiger charge is 2.08. The van der Waals surface area contributed by atoms with Gasteiger partial charge in [-0.3, -0.25) is 0 Å². The summed E-state index contributed by atoms with van der Waals surface area (Å²) in [5.74, 6) is 0. The van der Waals surface area contributed by atoms with E-state index in [4.69, 9.17) is 0 Å². The van der Waals surface area contributed by atoms with Crippen molar-refractivity contribution in [2.45, 2.75) is 11.6 Å². The largest absolute Gasteiger partial charge is 0.314 e. The van der Waals surface area contributed by atoms with Gasteiger partial charge >= 0.3 is 0 Å². The zero-order valence-corrected chi connectivity index (χ0v) is 9.14. The van der Waals surface area contributed by atoms with Gasteiger partial charge in [0.25, 0.3) is 0 Å². The number of rotatable bonds is 3. The van der Waals surface area contributed by atoms with Gasteiger partial charge in [-0.05, 0) is 25.4 Å². The molecule has 3 nitrogen and oxygen atoms in total. The smallest absolute Gasteiger partial charge is 0.138 e. The summed E-state index contributed by atoms with van der Waals surface area (Å²) in [5.41, 5.74) is 2.25. The van der Waals surface area contributed by atoms with Crippen molar-refractivity contribution in [1.82, 2.24) is 14.7 Å². The van der Waals surface area contributed by atoms with Gasteiger partial charge in [-0.1, -0.05) is 6.07 Å². The molecule has 2 aromatic heterocycles. The lowest BCUT2D eigenvalue weighted by atomic mass is 10.4. The van der Waals surface area contributed by atoms with Crippen molar-refractivity contribution in [2.75, 3.05) is 13.3 Å². The van der Waals surface area contributed by atoms with Crippen LogP contribution >= 0.6 is 11.8 Å². The van der Waals surface area contributed by atoms with Gasteiger partial charge in [0.05, 0.1) is 5.69 Å². The van der Waals surface area contributed by atoms with Crippen LogP contribution in [-0.2, 0) is 6.54 Å². The molecule has 0 radical (unpaired) electrons. The minimum absolute atomic E-state index is 0.849. The van der Waals surface area contributed by atoms with Crippen molar-refractivity contribution in [3.63, 3.8) is 0 Å². The Labute approximate surface area is 87.5 Å². The lowest BCUT2D eigenvalue weighted by Crippen LogP contribution is -2.08. The molecule has 0 atom stereocenters. The molecule has 14 heavy (non-hydrogen) atoms. The number of pyridine rings is 1. The maximum atomic E-state index is 4.54. The van der Waals surface area contributed by atoms with E-state index in [2.05, 4.69) is 27.2 Å². The van der Waals surface area contributed by atoms with E-state index in [-0.39, 0.29) is 0 Å². The summed E-state index contributed by atoms with van der Waals surface area (Å²) < 4.78 is 2.13. The Kier molecular flexibility index (Phi) is 2.74. The highest BCUT2D eigenvalue weighted by molar-refractivity contribution is 7.98. The second-order valence-corrected chi connectivity index (χ2v) is 3.82. The Hall–Kier alpha value is -1.00. The number of nitrogens with zero attached hydrogens (tertiary/aromatic N) is 2. The molecule has 0 amide bonds. The Morgan fingerprint density at radius 1 is 1.50 bits per heavy atom. The van der Waals surface area contributed by atoms with E-state index in [0.717, 1.165) is 17.2 Å². The Bertz CT molecular complexity index is 436. The molecule has 0 bridgehead atoms. The summed E-state index contributed by atoms with van der Waals surface area (Å²) in [5, 5.41) is 4.27. The first-order chi connectivity index (χ1) is 6.86. The Morgan fingerprint density at radius 3 is 3.07 bits per heavy atom. The van der Waals surface area contributed by atoms with Crippen molar-refractivity contribution < 1.29 is 0 Å². The quantitative estimate of drug-likeness (QED) is 0.778. The van der Waals surface area contributed by atoms with Crippen LogP contribution in [0.15, 0.2) is 29.4 Å². The van der Waals surface area contributed by atoms with Gasteiger partial charge in [-0.25, -0.2) is 4.98 Å². The first kappa shape index (κ1) is 9.55. The third-order valence-electron chi connectivity index (χ3n) is 2.13. The number of nitrogens with one attached hydrogen (secondary N) is 1. The Balaban J connectivity index is 2.61. The summed E-state index contributed by atoms with van der Waals surface area (Å²) in [7, 11) is 1.95. The van der Waals surface area contributed by atoms with E-state index in [0.29, 0.717) is 0 Å². The maximum absolute atomic E-state index is 4.54. The number of fused-ring (bicyclic) bond motifs is 1. The number of aromatic nitrogens is 2. The van der Waals surface area contributed by atoms with E-state index in [1.54, 1.807) is 11.8 Å². The van der Waals surface area contributed by atoms with Crippen LogP contribution in [0.1, 0.15) is 5.69 Å². The molecule has 0 aliphatic carbocycles. The third-order valence-corrected chi connectivity index (χ3v) is 2.84. The maximum Gasteiger partial charge on any atom is 0.138 e. The first-order valence-corrected chi connectivity index (χ1v) is 5.74. The SMILES string of the molecule is CNCc1c(SC)nc2ccccn12. The van der Waals surface area contributed by atoms with Crippen molar-refractivity contribution in [3.05, 3.63) is 30.1 Å². The monoisotopic (exact) mass is 207 g/mol. The molecular formula is C10H13N3S. The van der Waals surface area contributed by atoms with Crippen molar-refractivity contribution in [1.29, 1.82) is 0 Å². The fourth-order valence-corrected chi connectivity index (χ4v) is 2.11. The molecule has 0 aromatic carbocycles. The van der Waals surface area contributed by atoms with Crippen LogP contribution in [0.2, 0.25) is 0 Å². The standard InChI is InChI=1S/C10H13N3S/c1-11-7-8-10(14-2)12-9-5-3-4-6-13(8)9/h3-6,11H,7H2,1-2H3. The summed E-state index contributed by atoms with van der Waals surface area (Å²) in [4.78, 5) is 4.54. The molecule has 0 aliphatic heterocycles. The average Bonchev–Trinajstić information content (AvgIpc) is 2.58. The molecule has 4 heteroatoms. The van der Waals surface area contributed by atoms with Gasteiger partial charge in [0, 0.05) is 12.7 Å². The molecule has 0 fully saturated rings. The summed E-state index contributed by atoms with van der Waals surface area (Å²) in [6, 6.07) is 6.06. The fraction of sp³-hybridized carbons (Fsp3) is 0.300. The molecular weight excluding hydrogens is 194 g/mol. The Morgan fingerprint density at radius 2 is 2.36 bits per heavy atom. The summed E-state index contributed by atoms with van der Waals surface area (Å²) in [6.45, 7) is 0.849. The molecule has 0 saturated carbocycles. The van der Waals surface area contributed by atoms with Crippen molar-refractivity contribution in [3.8, 4) is 0 Å². The van der Waals surface area contributed by atoms with Crippen LogP contribution in [0.3, 0.4) is 0 Å². The fourth-order valence-electron chi connectivity index (χ4n) is 1.52. The predicted octanol–water partition coefficient (Wildman–Crippen LogP) is 1.78. The first-order valence-electron chi connectivity index (χ1n) is 4.51. The van der Waals surface area contributed by atoms with E-state index in [1.807, 2.05) is 25.2 Å². The highest BCUT2D eigenvalue weighted by Crippen LogP contribution is 2.20. The molecule has 0 aliphatic rings. The lowest BCUT2D eigenvalue weighted by molar-refractivity contribution is 0.764. The van der Waals surface area contributed by atoms with Crippen LogP contribution < -0.4 is 5.32 Å². The molecule has 0 spiro atoms. The number of hydrogen-bond donors (Lipinski definition) is 1. The molecule has 2 rings (SSSR count). The molecule has 0 unspecified atom stereocenters. The number of hydrogen-bond acceptors (Lipinski definition) is 3. The number of imidazole rings is 1. The van der Waals surface area contributed by atoms with Gasteiger partial charge in [-0.2, -0.15) is 0 Å². The second-order valence-electron chi connectivity index (χ2n) is 3.03. The summed E-state index contributed by atoms with van der Waals surface area (Å²) >= 11 is 1.69. The minimum Gasteiger partial charge on any atom is -0.314 e. The van der Waals surface area contributed by atoms with Gasteiger partial charge in [0.2, 0.25) is 0 Å². The summed E-state index contributed by atoms with van der Waals surface area (Å²) in [6.07, 6.45) is 4.11. The van der Waals surface area contributed by atoms with Gasteiger partial charge in [0.1, 0.15) is 10.7 Å². The molecule has 1 N–H and O–H groups in total. The topological polar surface area (TPSA) is 29.3 Å². The number of thioether (sulfide) groups is 1. The van der Waals surface area contributed by atoms with Gasteiger partial charge in [0.15, 0.2) is 0 Å². The van der Waals surface area contributed by atoms with Crippen molar-refractivity contribution >= 4 is 17.4 Å². The van der Waals surface area contributed by atoms with E-state index in [9.17, 15) is 0 Å². The van der Waals surface area contributed by atoms with Crippen molar-refractivity contribution in [2.24, 2.45) is 0 Å². The van der Waals surface area contributed by atoms with Crippen LogP contribution in [0, 0.1) is 0 Å². The van der Waals surface area contributed by atoms with Gasteiger partial charge in [-0.15, -0.1) is 11.8 Å². The van der Waals surface area contributed by atoms with Crippen LogP contribution in [0.4, 0.5) is 0 Å². The molecule has 0 saturated heterocycles. The molecule has 2 aromatic rings. The normalized spacial score (nSPS) is 11.0. The second kappa shape index (κ2) is 4.02. The zero-order chi connectivity index (χ0) is 9.97. The van der Waals surface area contributed by atoms with E-state index >= 15 is 0 Å². The lowest BCUT2D eigenvalue weighted by Gasteiger charge is -2.01. The van der Waals surface area contributed by atoms with E-state index < -0.39 is 0 Å². The van der Waals surface area contributed by atoms with Crippen LogP contribution in [0.25, 0.3) is 5.65 Å². The van der Waals surface area contributed by atoms with Gasteiger partial charge < -0.3 is 9.72 Å². The van der Waals surface area contributed by atoms with E-state index in [1.165, 1.54) is 5.69 Å². The minimum atomic E-state index is 0.849. The van der Waals surface area contributed by atoms with Crippen LogP contribution in [-0.4, -0.2) is 22.7 Å².